The van der Waals surface area contributed by atoms with Gasteiger partial charge in [-0.3, -0.25) is 24.6 Å². The predicted molar refractivity (Wildman–Crippen MR) is 201 cm³/mol. The maximum Gasteiger partial charge on any atom is 0.255 e. The number of carbonyl (C=O) groups is 3. The number of carbonyl (C=O) groups excluding carboxylic acids is 3. The molecule has 53 heavy (non-hydrogen) atoms. The highest BCUT2D eigenvalue weighted by atomic mass is 16.3. The molecule has 3 amide bonds. The second-order valence-corrected chi connectivity index (χ2v) is 15.7. The molecule has 0 radical (unpaired) electrons. The molecule has 278 valence electrons. The summed E-state index contributed by atoms with van der Waals surface area (Å²) in [6.45, 7) is 11.0. The van der Waals surface area contributed by atoms with Crippen LogP contribution in [0.15, 0.2) is 48.5 Å². The second-order valence-electron chi connectivity index (χ2n) is 15.7. The van der Waals surface area contributed by atoms with Crippen molar-refractivity contribution >= 4 is 29.2 Å². The smallest absolute Gasteiger partial charge is 0.255 e. The quantitative estimate of drug-likeness (QED) is 0.311. The van der Waals surface area contributed by atoms with Crippen molar-refractivity contribution in [3.8, 4) is 17.0 Å². The van der Waals surface area contributed by atoms with Gasteiger partial charge in [0.15, 0.2) is 5.82 Å². The van der Waals surface area contributed by atoms with E-state index in [1.54, 1.807) is 11.0 Å². The third kappa shape index (κ3) is 6.74. The van der Waals surface area contributed by atoms with Gasteiger partial charge in [0.05, 0.1) is 17.4 Å². The summed E-state index contributed by atoms with van der Waals surface area (Å²) in [5.41, 5.74) is 5.39. The van der Waals surface area contributed by atoms with E-state index in [-0.39, 0.29) is 29.9 Å². The number of nitrogens with zero attached hydrogens (tertiary/aromatic N) is 7. The van der Waals surface area contributed by atoms with E-state index < -0.39 is 6.04 Å². The third-order valence-corrected chi connectivity index (χ3v) is 12.7. The Morgan fingerprint density at radius 1 is 0.774 bits per heavy atom. The first kappa shape index (κ1) is 34.2. The fourth-order valence-electron chi connectivity index (χ4n) is 9.57. The Kier molecular flexibility index (Phi) is 9.25. The fourth-order valence-corrected chi connectivity index (χ4v) is 9.57. The lowest BCUT2D eigenvalue weighted by Crippen LogP contribution is -2.61. The molecule has 9 rings (SSSR count). The average molecular weight is 720 g/mol. The zero-order chi connectivity index (χ0) is 36.1. The van der Waals surface area contributed by atoms with Crippen LogP contribution < -0.4 is 15.5 Å². The summed E-state index contributed by atoms with van der Waals surface area (Å²) in [6, 6.07) is 16.1. The molecule has 2 atom stereocenters. The lowest BCUT2D eigenvalue weighted by atomic mass is 9.88. The van der Waals surface area contributed by atoms with Crippen LogP contribution in [0.25, 0.3) is 11.3 Å². The Morgan fingerprint density at radius 2 is 1.55 bits per heavy atom. The van der Waals surface area contributed by atoms with Gasteiger partial charge in [-0.05, 0) is 99.6 Å². The van der Waals surface area contributed by atoms with Crippen molar-refractivity contribution in [3.63, 3.8) is 0 Å². The van der Waals surface area contributed by atoms with Crippen LogP contribution in [0.1, 0.15) is 65.9 Å². The number of aromatic nitrogens is 2. The lowest BCUT2D eigenvalue weighted by Gasteiger charge is -2.49. The number of aromatic hydroxyl groups is 1. The van der Waals surface area contributed by atoms with E-state index in [0.29, 0.717) is 42.2 Å². The van der Waals surface area contributed by atoms with E-state index in [1.165, 1.54) is 18.4 Å². The van der Waals surface area contributed by atoms with Crippen LogP contribution in [0.5, 0.6) is 5.75 Å². The molecular weight excluding hydrogens is 670 g/mol. The fraction of sp³-hybridized carbons (Fsp3) is 0.525. The van der Waals surface area contributed by atoms with E-state index >= 15 is 0 Å². The van der Waals surface area contributed by atoms with Crippen LogP contribution >= 0.6 is 0 Å². The number of piperidine rings is 3. The summed E-state index contributed by atoms with van der Waals surface area (Å²) in [7, 11) is 0. The number of piperazine rings is 1. The van der Waals surface area contributed by atoms with E-state index in [9.17, 15) is 19.5 Å². The summed E-state index contributed by atoms with van der Waals surface area (Å²) in [5, 5.41) is 25.2. The van der Waals surface area contributed by atoms with Gasteiger partial charge in [0, 0.05) is 69.4 Å². The summed E-state index contributed by atoms with van der Waals surface area (Å²) in [5.74, 6) is 0.767. The van der Waals surface area contributed by atoms with Gasteiger partial charge in [-0.1, -0.05) is 24.3 Å². The maximum absolute atomic E-state index is 13.3. The maximum atomic E-state index is 13.3. The number of phenols is 1. The Morgan fingerprint density at radius 3 is 2.32 bits per heavy atom. The number of likely N-dealkylation sites (tertiary alicyclic amines) is 2. The van der Waals surface area contributed by atoms with Crippen LogP contribution in [0, 0.1) is 0 Å². The summed E-state index contributed by atoms with van der Waals surface area (Å²) in [4.78, 5) is 49.5. The van der Waals surface area contributed by atoms with Gasteiger partial charge in [0.25, 0.3) is 5.91 Å². The molecular formula is C40H49N9O4. The van der Waals surface area contributed by atoms with Gasteiger partial charge in [-0.2, -0.15) is 0 Å². The minimum Gasteiger partial charge on any atom is -0.507 e. The molecule has 13 heteroatoms. The van der Waals surface area contributed by atoms with Crippen LogP contribution in [0.4, 0.5) is 11.5 Å². The first-order valence-electron chi connectivity index (χ1n) is 19.5. The monoisotopic (exact) mass is 719 g/mol. The molecule has 7 heterocycles. The molecule has 0 saturated carbocycles. The molecule has 4 fully saturated rings. The average Bonchev–Trinajstić information content (AvgIpc) is 3.52. The van der Waals surface area contributed by atoms with Crippen molar-refractivity contribution in [3.05, 3.63) is 65.2 Å². The van der Waals surface area contributed by atoms with Crippen molar-refractivity contribution in [2.75, 3.05) is 75.7 Å². The Bertz CT molecular complexity index is 1890. The number of benzene rings is 2. The Hall–Kier alpha value is -4.59. The summed E-state index contributed by atoms with van der Waals surface area (Å²) >= 11 is 0. The molecule has 4 saturated heterocycles. The van der Waals surface area contributed by atoms with Crippen molar-refractivity contribution in [2.45, 2.75) is 69.1 Å². The molecule has 0 aliphatic carbocycles. The number of phenolic OH excluding ortho intramolecular Hbond substituents is 1. The number of fused-ring (bicyclic) bond motifs is 4. The van der Waals surface area contributed by atoms with Crippen molar-refractivity contribution in [2.24, 2.45) is 0 Å². The molecule has 2 aromatic carbocycles. The van der Waals surface area contributed by atoms with Gasteiger partial charge in [0.2, 0.25) is 11.8 Å². The highest BCUT2D eigenvalue weighted by Crippen LogP contribution is 2.37. The highest BCUT2D eigenvalue weighted by Gasteiger charge is 2.40. The summed E-state index contributed by atoms with van der Waals surface area (Å²) in [6.07, 6.45) is 5.25. The molecule has 13 nitrogen and oxygen atoms in total. The second kappa shape index (κ2) is 14.3. The van der Waals surface area contributed by atoms with Gasteiger partial charge < -0.3 is 30.0 Å². The first-order valence-corrected chi connectivity index (χ1v) is 19.5. The molecule has 6 aliphatic heterocycles. The van der Waals surface area contributed by atoms with Crippen LogP contribution in [0.3, 0.4) is 0 Å². The molecule has 3 aromatic rings. The normalized spacial score (nSPS) is 24.8. The topological polar surface area (TPSA) is 137 Å². The number of amides is 3. The number of nitrogens with one attached hydrogen (secondary N) is 2. The van der Waals surface area contributed by atoms with Gasteiger partial charge in [-0.25, -0.2) is 0 Å². The predicted octanol–water partition coefficient (Wildman–Crippen LogP) is 2.87. The minimum atomic E-state index is -0.572. The van der Waals surface area contributed by atoms with Gasteiger partial charge in [0.1, 0.15) is 11.8 Å². The Balaban J connectivity index is 0.722. The highest BCUT2D eigenvalue weighted by molar-refractivity contribution is 6.05. The SMILES string of the molecule is O=C1CCC(N2Cc3ccc(C4CCN(CCN5CCC(N6CCN7c8cc(-c9ccccc9O)nnc8NC[C@H]7C6)CC5)CC4)cc3C2=O)C(=O)N1. The largest absolute Gasteiger partial charge is 0.507 e. The molecule has 1 unspecified atom stereocenters. The number of hydrogen-bond donors (Lipinski definition) is 3. The molecule has 0 bridgehead atoms. The van der Waals surface area contributed by atoms with Crippen molar-refractivity contribution < 1.29 is 19.5 Å². The Labute approximate surface area is 310 Å². The summed E-state index contributed by atoms with van der Waals surface area (Å²) < 4.78 is 0. The first-order chi connectivity index (χ1) is 25.9. The standard InChI is InChI=1S/C40H49N9O4/c50-36-4-2-1-3-31(36)33-22-35-38(44-43-33)41-23-30-25-47(19-20-48(30)35)29-11-15-46(16-12-29)18-17-45-13-9-26(10-14-45)27-5-6-28-24-49(40(53)32(28)21-27)34-7-8-37(51)42-39(34)52/h1-6,21-22,26,29-30,34,50H,7-20,23-25H2,(H,41,44)(H,42,51,52)/t30-,34?/m0/s1. The number of para-hydroxylation sites is 1. The van der Waals surface area contributed by atoms with Crippen molar-refractivity contribution in [1.29, 1.82) is 0 Å². The minimum absolute atomic E-state index is 0.0907. The molecule has 0 spiro atoms. The number of hydrogen-bond acceptors (Lipinski definition) is 11. The number of imide groups is 1. The molecule has 3 N–H and O–H groups in total. The van der Waals surface area contributed by atoms with Crippen LogP contribution in [-0.2, 0) is 16.1 Å². The lowest BCUT2D eigenvalue weighted by molar-refractivity contribution is -0.136. The van der Waals surface area contributed by atoms with E-state index in [4.69, 9.17) is 0 Å². The molecule has 1 aromatic heterocycles. The van der Waals surface area contributed by atoms with Crippen LogP contribution in [-0.4, -0.2) is 136 Å². The zero-order valence-electron chi connectivity index (χ0n) is 30.3. The van der Waals surface area contributed by atoms with Crippen molar-refractivity contribution in [1.82, 2.24) is 35.1 Å². The van der Waals surface area contributed by atoms with E-state index in [0.717, 1.165) is 101 Å². The van der Waals surface area contributed by atoms with E-state index in [2.05, 4.69) is 64.7 Å². The molecule has 6 aliphatic rings. The van der Waals surface area contributed by atoms with Gasteiger partial charge >= 0.3 is 0 Å². The zero-order valence-corrected chi connectivity index (χ0v) is 30.3. The van der Waals surface area contributed by atoms with Crippen LogP contribution in [0.2, 0.25) is 0 Å². The third-order valence-electron chi connectivity index (χ3n) is 12.7. The number of rotatable bonds is 7. The number of anilines is 2. The van der Waals surface area contributed by atoms with Gasteiger partial charge in [-0.15, -0.1) is 10.2 Å². The van der Waals surface area contributed by atoms with E-state index in [1.807, 2.05) is 18.2 Å².